The van der Waals surface area contributed by atoms with Gasteiger partial charge in [0.05, 0.1) is 0 Å². The number of halogens is 1. The first-order valence-corrected chi connectivity index (χ1v) is 10.3. The van der Waals surface area contributed by atoms with Gasteiger partial charge in [0, 0.05) is 9.74 Å². The summed E-state index contributed by atoms with van der Waals surface area (Å²) in [5.41, 5.74) is 1.13. The van der Waals surface area contributed by atoms with Gasteiger partial charge in [0.2, 0.25) is 0 Å². The largest absolute Gasteiger partial charge is 0.380 e. The van der Waals surface area contributed by atoms with Crippen LogP contribution in [0.2, 0.25) is 0 Å². The fourth-order valence-corrected chi connectivity index (χ4v) is 8.16. The van der Waals surface area contributed by atoms with E-state index in [0.29, 0.717) is 0 Å². The van der Waals surface area contributed by atoms with Crippen LogP contribution in [-0.2, 0) is 5.60 Å². The van der Waals surface area contributed by atoms with Crippen molar-refractivity contribution in [3.05, 3.63) is 71.8 Å². The summed E-state index contributed by atoms with van der Waals surface area (Å²) < 4.78 is 0.231. The van der Waals surface area contributed by atoms with Gasteiger partial charge in [-0.2, -0.15) is 0 Å². The van der Waals surface area contributed by atoms with Gasteiger partial charge < -0.3 is 5.11 Å². The molecule has 4 aliphatic rings. The topological polar surface area (TPSA) is 20.2 Å². The van der Waals surface area contributed by atoms with Crippen LogP contribution in [0.5, 0.6) is 0 Å². The highest BCUT2D eigenvalue weighted by atomic mass is 79.9. The molecule has 2 heteroatoms. The van der Waals surface area contributed by atoms with E-state index in [1.54, 1.807) is 0 Å². The highest BCUT2D eigenvalue weighted by Crippen LogP contribution is 2.70. The van der Waals surface area contributed by atoms with Crippen molar-refractivity contribution in [2.75, 3.05) is 0 Å². The fraction of sp³-hybridized carbons (Fsp3) is 0.478. The molecule has 1 N–H and O–H groups in total. The van der Waals surface area contributed by atoms with Crippen molar-refractivity contribution in [1.82, 2.24) is 0 Å². The number of benzene rings is 2. The Balaban J connectivity index is 1.72. The molecule has 0 amide bonds. The summed E-state index contributed by atoms with van der Waals surface area (Å²) in [6.07, 6.45) is 7.30. The quantitative estimate of drug-likeness (QED) is 0.663. The predicted molar refractivity (Wildman–Crippen MR) is 105 cm³/mol. The third-order valence-corrected chi connectivity index (χ3v) is 8.07. The molecule has 4 fully saturated rings. The van der Waals surface area contributed by atoms with Gasteiger partial charge in [-0.05, 0) is 61.5 Å². The van der Waals surface area contributed by atoms with Crippen molar-refractivity contribution in [3.63, 3.8) is 0 Å². The van der Waals surface area contributed by atoms with Gasteiger partial charge in [-0.1, -0.05) is 76.6 Å². The Morgan fingerprint density at radius 2 is 1.28 bits per heavy atom. The second-order valence-electron chi connectivity index (χ2n) is 8.83. The summed E-state index contributed by atoms with van der Waals surface area (Å²) in [6, 6.07) is 20.8. The van der Waals surface area contributed by atoms with Gasteiger partial charge in [0.25, 0.3) is 0 Å². The molecule has 130 valence electrons. The number of alkyl halides is 1. The van der Waals surface area contributed by atoms with E-state index in [1.807, 2.05) is 12.1 Å². The molecule has 0 aliphatic heterocycles. The van der Waals surface area contributed by atoms with E-state index in [-0.39, 0.29) is 9.74 Å². The molecular weight excluding hydrogens is 372 g/mol. The molecular formula is C23H25BrO. The Hall–Kier alpha value is -1.12. The predicted octanol–water partition coefficient (Wildman–Crippen LogP) is 5.66. The van der Waals surface area contributed by atoms with Gasteiger partial charge in [-0.3, -0.25) is 0 Å². The number of aliphatic hydroxyl groups is 1. The lowest BCUT2D eigenvalue weighted by atomic mass is 9.43. The molecule has 0 heterocycles. The second-order valence-corrected chi connectivity index (χ2v) is 10.5. The summed E-state index contributed by atoms with van der Waals surface area (Å²) in [7, 11) is 0. The van der Waals surface area contributed by atoms with Crippen LogP contribution >= 0.6 is 15.9 Å². The number of hydrogen-bond acceptors (Lipinski definition) is 1. The van der Waals surface area contributed by atoms with Crippen molar-refractivity contribution in [1.29, 1.82) is 0 Å². The summed E-state index contributed by atoms with van der Waals surface area (Å²) in [5.74, 6) is 1.50. The molecule has 2 aromatic carbocycles. The SMILES string of the molecule is OC(c1ccccc1)(c1ccccc1)C12C[C@@H]3C[C@@H](CC(Br)(C3)C1)C2. The lowest BCUT2D eigenvalue weighted by molar-refractivity contribution is -0.155. The molecule has 0 radical (unpaired) electrons. The van der Waals surface area contributed by atoms with Crippen molar-refractivity contribution in [2.45, 2.75) is 48.5 Å². The van der Waals surface area contributed by atoms with Gasteiger partial charge in [0.1, 0.15) is 5.60 Å². The summed E-state index contributed by atoms with van der Waals surface area (Å²) in [4.78, 5) is 0. The minimum atomic E-state index is -0.910. The normalized spacial score (nSPS) is 36.6. The maximum atomic E-state index is 12.4. The monoisotopic (exact) mass is 396 g/mol. The summed E-state index contributed by atoms with van der Waals surface area (Å²) >= 11 is 4.12. The molecule has 0 aromatic heterocycles. The Bertz CT molecular complexity index is 716. The highest BCUT2D eigenvalue weighted by Gasteiger charge is 2.64. The van der Waals surface area contributed by atoms with Crippen molar-refractivity contribution >= 4 is 15.9 Å². The Kier molecular flexibility index (Phi) is 3.50. The van der Waals surface area contributed by atoms with Gasteiger partial charge in [-0.25, -0.2) is 0 Å². The van der Waals surface area contributed by atoms with E-state index in [1.165, 1.54) is 19.3 Å². The van der Waals surface area contributed by atoms with Crippen LogP contribution in [0, 0.1) is 17.3 Å². The molecule has 6 rings (SSSR count). The van der Waals surface area contributed by atoms with Gasteiger partial charge in [-0.15, -0.1) is 0 Å². The summed E-state index contributed by atoms with van der Waals surface area (Å²) in [5, 5.41) is 12.4. The second kappa shape index (κ2) is 5.44. The third kappa shape index (κ3) is 2.30. The maximum Gasteiger partial charge on any atom is 0.120 e. The molecule has 1 nitrogen and oxygen atoms in total. The smallest absolute Gasteiger partial charge is 0.120 e. The van der Waals surface area contributed by atoms with Crippen LogP contribution in [0.15, 0.2) is 60.7 Å². The molecule has 4 aliphatic carbocycles. The average molecular weight is 397 g/mol. The maximum absolute atomic E-state index is 12.4. The zero-order valence-corrected chi connectivity index (χ0v) is 16.1. The first-order valence-electron chi connectivity index (χ1n) is 9.55. The molecule has 4 bridgehead atoms. The van der Waals surface area contributed by atoms with Gasteiger partial charge >= 0.3 is 0 Å². The minimum absolute atomic E-state index is 0.0662. The van der Waals surface area contributed by atoms with Crippen molar-refractivity contribution in [3.8, 4) is 0 Å². The Morgan fingerprint density at radius 3 is 1.72 bits per heavy atom. The van der Waals surface area contributed by atoms with E-state index in [9.17, 15) is 5.11 Å². The molecule has 25 heavy (non-hydrogen) atoms. The number of hydrogen-bond donors (Lipinski definition) is 1. The zero-order valence-electron chi connectivity index (χ0n) is 14.5. The fourth-order valence-electron chi connectivity index (χ4n) is 6.71. The zero-order chi connectivity index (χ0) is 17.1. The van der Waals surface area contributed by atoms with Crippen molar-refractivity contribution < 1.29 is 5.11 Å². The molecule has 0 spiro atoms. The standard InChI is InChI=1S/C23H25BrO/c24-22-14-17-11-18(15-22)13-21(12-17,16-22)23(25,19-7-3-1-4-8-19)20-9-5-2-6-10-20/h1-10,17-18,25H,11-16H2/t17-,18+,21?,22?. The van der Waals surface area contributed by atoms with Crippen LogP contribution in [0.4, 0.5) is 0 Å². The highest BCUT2D eigenvalue weighted by molar-refractivity contribution is 9.10. The van der Waals surface area contributed by atoms with Crippen molar-refractivity contribution in [2.24, 2.45) is 17.3 Å². The van der Waals surface area contributed by atoms with Gasteiger partial charge in [0.15, 0.2) is 0 Å². The Morgan fingerprint density at radius 1 is 0.800 bits per heavy atom. The summed E-state index contributed by atoms with van der Waals surface area (Å²) in [6.45, 7) is 0. The van der Waals surface area contributed by atoms with E-state index in [2.05, 4.69) is 64.5 Å². The van der Waals surface area contributed by atoms with Crippen LogP contribution in [0.3, 0.4) is 0 Å². The van der Waals surface area contributed by atoms with Crippen LogP contribution in [0.1, 0.15) is 49.7 Å². The van der Waals surface area contributed by atoms with E-state index >= 15 is 0 Å². The number of rotatable bonds is 3. The molecule has 2 aromatic rings. The first-order chi connectivity index (χ1) is 12.0. The van der Waals surface area contributed by atoms with Crippen LogP contribution < -0.4 is 0 Å². The Labute approximate surface area is 158 Å². The van der Waals surface area contributed by atoms with E-state index < -0.39 is 5.60 Å². The lowest BCUT2D eigenvalue weighted by Gasteiger charge is -2.65. The van der Waals surface area contributed by atoms with Crippen LogP contribution in [0.25, 0.3) is 0 Å². The van der Waals surface area contributed by atoms with E-state index in [4.69, 9.17) is 0 Å². The van der Waals surface area contributed by atoms with E-state index in [0.717, 1.165) is 42.2 Å². The molecule has 4 saturated carbocycles. The molecule has 0 saturated heterocycles. The first kappa shape index (κ1) is 16.1. The van der Waals surface area contributed by atoms with Crippen LogP contribution in [-0.4, -0.2) is 9.43 Å². The lowest BCUT2D eigenvalue weighted by Crippen LogP contribution is -2.61. The molecule has 4 atom stereocenters. The molecule has 2 unspecified atom stereocenters. The average Bonchev–Trinajstić information content (AvgIpc) is 2.60. The third-order valence-electron chi connectivity index (χ3n) is 7.14. The minimum Gasteiger partial charge on any atom is -0.380 e.